The molecule has 1 aliphatic heterocycles. The van der Waals surface area contributed by atoms with Crippen molar-refractivity contribution in [3.05, 3.63) is 89.0 Å². The molecule has 0 fully saturated rings. The summed E-state index contributed by atoms with van der Waals surface area (Å²) in [5.74, 6) is -1.72. The van der Waals surface area contributed by atoms with Crippen molar-refractivity contribution in [1.29, 1.82) is 0 Å². The third-order valence-electron chi connectivity index (χ3n) is 4.65. The van der Waals surface area contributed by atoms with Gasteiger partial charge in [-0.3, -0.25) is 0 Å². The van der Waals surface area contributed by atoms with E-state index in [2.05, 4.69) is 6.07 Å². The summed E-state index contributed by atoms with van der Waals surface area (Å²) in [6.07, 6.45) is 1.12. The first-order valence-corrected chi connectivity index (χ1v) is 8.34. The maximum absolute atomic E-state index is 14.7. The second-order valence-electron chi connectivity index (χ2n) is 6.38. The Balaban J connectivity index is 0.00000196. The van der Waals surface area contributed by atoms with Crippen LogP contribution in [-0.4, -0.2) is 0 Å². The average molecular weight is 421 g/mol. The Kier molecular flexibility index (Phi) is 6.44. The topological polar surface area (TPSA) is 9.23 Å². The fourth-order valence-electron chi connectivity index (χ4n) is 3.26. The minimum atomic E-state index is -0.903. The van der Waals surface area contributed by atoms with Crippen LogP contribution in [0.15, 0.2) is 54.6 Å². The number of aryl methyl sites for hydroxylation is 2. The summed E-state index contributed by atoms with van der Waals surface area (Å²) in [7, 11) is 0. The molecule has 126 valence electrons. The van der Waals surface area contributed by atoms with Crippen LogP contribution in [0.3, 0.4) is 0 Å². The van der Waals surface area contributed by atoms with Crippen LogP contribution in [-0.2, 0) is 6.42 Å². The van der Waals surface area contributed by atoms with Gasteiger partial charge in [0.2, 0.25) is 5.82 Å². The summed E-state index contributed by atoms with van der Waals surface area (Å²) in [5, 5.41) is 0. The van der Waals surface area contributed by atoms with E-state index in [0.29, 0.717) is 17.5 Å². The largest absolute Gasteiger partial charge is 1.00 e. The average Bonchev–Trinajstić information content (AvgIpc) is 2.66. The van der Waals surface area contributed by atoms with Crippen molar-refractivity contribution in [2.75, 3.05) is 0 Å². The molecule has 3 aromatic carbocycles. The molecule has 4 rings (SSSR count). The van der Waals surface area contributed by atoms with Crippen molar-refractivity contribution in [2.45, 2.75) is 25.9 Å². The molecule has 0 N–H and O–H groups in total. The molecule has 3 aromatic rings. The number of halogens is 2. The quantitative estimate of drug-likeness (QED) is 0.579. The number of hydrogen-bond donors (Lipinski definition) is 0. The molecule has 0 saturated heterocycles. The summed E-state index contributed by atoms with van der Waals surface area (Å²) < 4.78 is 35.1. The van der Waals surface area contributed by atoms with Crippen LogP contribution in [0.5, 0.6) is 5.75 Å². The van der Waals surface area contributed by atoms with E-state index in [1.165, 1.54) is 0 Å². The van der Waals surface area contributed by atoms with E-state index in [1.54, 1.807) is 18.2 Å². The molecule has 0 saturated carbocycles. The predicted molar refractivity (Wildman–Crippen MR) is 93.5 cm³/mol. The summed E-state index contributed by atoms with van der Waals surface area (Å²) in [6.45, 7) is 1.96. The fourth-order valence-corrected chi connectivity index (χ4v) is 3.26. The van der Waals surface area contributed by atoms with Gasteiger partial charge < -0.3 is 4.74 Å². The van der Waals surface area contributed by atoms with E-state index < -0.39 is 11.6 Å². The molecular formula is C22H17F2ORb. The minimum absolute atomic E-state index is 0. The van der Waals surface area contributed by atoms with Gasteiger partial charge in [0.1, 0.15) is 6.10 Å². The fraction of sp³-hybridized carbons (Fsp3) is 0.182. The van der Waals surface area contributed by atoms with Crippen LogP contribution in [0, 0.1) is 24.6 Å². The van der Waals surface area contributed by atoms with Gasteiger partial charge in [-0.2, -0.15) is 34.7 Å². The molecule has 0 spiro atoms. The van der Waals surface area contributed by atoms with Gasteiger partial charge in [-0.25, -0.2) is 4.39 Å². The van der Waals surface area contributed by atoms with E-state index in [1.807, 2.05) is 43.3 Å². The molecule has 1 nitrogen and oxygen atoms in total. The monoisotopic (exact) mass is 420 g/mol. The molecular weight excluding hydrogens is 404 g/mol. The van der Waals surface area contributed by atoms with E-state index in [9.17, 15) is 8.78 Å². The van der Waals surface area contributed by atoms with E-state index in [0.717, 1.165) is 17.5 Å². The smallest absolute Gasteiger partial charge is 0.484 e. The molecule has 0 aromatic heterocycles. The molecule has 26 heavy (non-hydrogen) atoms. The molecule has 1 heterocycles. The van der Waals surface area contributed by atoms with Crippen LogP contribution in [0.2, 0.25) is 0 Å². The van der Waals surface area contributed by atoms with Crippen molar-refractivity contribution in [3.63, 3.8) is 0 Å². The normalized spacial score (nSPS) is 15.6. The zero-order valence-electron chi connectivity index (χ0n) is 14.9. The Morgan fingerprint density at radius 2 is 1.69 bits per heavy atom. The second kappa shape index (κ2) is 8.43. The van der Waals surface area contributed by atoms with Gasteiger partial charge in [0.15, 0.2) is 11.6 Å². The van der Waals surface area contributed by atoms with Gasteiger partial charge in [0.25, 0.3) is 0 Å². The van der Waals surface area contributed by atoms with Crippen LogP contribution in [0.1, 0.15) is 29.2 Å². The Morgan fingerprint density at radius 3 is 2.38 bits per heavy atom. The predicted octanol–water partition coefficient (Wildman–Crippen LogP) is 2.81. The molecule has 1 aliphatic rings. The number of benzene rings is 3. The van der Waals surface area contributed by atoms with E-state index in [-0.39, 0.29) is 75.6 Å². The first-order valence-electron chi connectivity index (χ1n) is 8.34. The third-order valence-corrected chi connectivity index (χ3v) is 4.65. The van der Waals surface area contributed by atoms with Crippen LogP contribution in [0.4, 0.5) is 8.78 Å². The summed E-state index contributed by atoms with van der Waals surface area (Å²) in [5.41, 5.74) is 3.70. The Hall–Kier alpha value is -0.875. The Bertz CT molecular complexity index is 908. The number of hydrogen-bond acceptors (Lipinski definition) is 1. The van der Waals surface area contributed by atoms with Gasteiger partial charge in [-0.05, 0) is 37.0 Å². The van der Waals surface area contributed by atoms with Gasteiger partial charge in [0, 0.05) is 5.56 Å². The minimum Gasteiger partial charge on any atom is -0.484 e. The number of fused-ring (bicyclic) bond motifs is 1. The first-order chi connectivity index (χ1) is 12.1. The third kappa shape index (κ3) is 3.86. The zero-order valence-corrected chi connectivity index (χ0v) is 19.8. The summed E-state index contributed by atoms with van der Waals surface area (Å²) in [4.78, 5) is 0. The maximum Gasteiger partial charge on any atom is 1.00 e. The summed E-state index contributed by atoms with van der Waals surface area (Å²) >= 11 is 0. The molecule has 4 heteroatoms. The van der Waals surface area contributed by atoms with Crippen molar-refractivity contribution < 1.29 is 71.7 Å². The van der Waals surface area contributed by atoms with Crippen molar-refractivity contribution >= 4 is 0 Å². The SMILES string of the molecule is Cc1ccc(-c2cc3c(c(F)c2F)OC(c2cc[c-]cc2)CC3)cc1.[Rb+]. The summed E-state index contributed by atoms with van der Waals surface area (Å²) in [6, 6.07) is 19.5. The number of ether oxygens (including phenoxy) is 1. The molecule has 0 aliphatic carbocycles. The molecule has 1 unspecified atom stereocenters. The first kappa shape index (κ1) is 19.9. The van der Waals surface area contributed by atoms with Gasteiger partial charge in [0.05, 0.1) is 0 Å². The number of rotatable bonds is 2. The van der Waals surface area contributed by atoms with Crippen LogP contribution < -0.4 is 62.9 Å². The van der Waals surface area contributed by atoms with E-state index >= 15 is 0 Å². The van der Waals surface area contributed by atoms with Crippen LogP contribution in [0.25, 0.3) is 11.1 Å². The molecule has 1 atom stereocenters. The van der Waals surface area contributed by atoms with Crippen molar-refractivity contribution in [2.24, 2.45) is 0 Å². The Morgan fingerprint density at radius 1 is 1.00 bits per heavy atom. The van der Waals surface area contributed by atoms with Gasteiger partial charge in [-0.1, -0.05) is 29.8 Å². The molecule has 0 bridgehead atoms. The van der Waals surface area contributed by atoms with Gasteiger partial charge in [-0.15, -0.1) is 5.56 Å². The second-order valence-corrected chi connectivity index (χ2v) is 6.38. The van der Waals surface area contributed by atoms with E-state index in [4.69, 9.17) is 4.74 Å². The van der Waals surface area contributed by atoms with Crippen molar-refractivity contribution in [1.82, 2.24) is 0 Å². The van der Waals surface area contributed by atoms with Crippen LogP contribution >= 0.6 is 0 Å². The zero-order chi connectivity index (χ0) is 17.4. The molecule has 0 amide bonds. The van der Waals surface area contributed by atoms with Crippen molar-refractivity contribution in [3.8, 4) is 16.9 Å². The standard InChI is InChI=1S/C22H17F2O.Rb/c1-14-7-9-15(10-8-14)18-13-17-11-12-19(16-5-3-2-4-6-16)25-22(17)21(24)20(18)23;/h3-10,13,19H,11-12H2,1H3;/q-1;+1. The molecule has 0 radical (unpaired) electrons. The maximum atomic E-state index is 14.7. The van der Waals surface area contributed by atoms with Gasteiger partial charge >= 0.3 is 58.2 Å². The Labute approximate surface area is 201 Å².